The molecule has 0 aromatic heterocycles. The quantitative estimate of drug-likeness (QED) is 0.782. The molecule has 0 aliphatic rings. The second-order valence-corrected chi connectivity index (χ2v) is 6.13. The Morgan fingerprint density at radius 3 is 2.53 bits per heavy atom. The molecule has 4 nitrogen and oxygen atoms in total. The van der Waals surface area contributed by atoms with E-state index in [2.05, 4.69) is 5.32 Å². The zero-order valence-corrected chi connectivity index (χ0v) is 12.0. The molecule has 1 unspecified atom stereocenters. The summed E-state index contributed by atoms with van der Waals surface area (Å²) < 4.78 is 0. The minimum atomic E-state index is -0.554. The number of rotatable bonds is 4. The van der Waals surface area contributed by atoms with Crippen LogP contribution in [-0.2, 0) is 0 Å². The Balaban J connectivity index is 2.53. The van der Waals surface area contributed by atoms with Crippen molar-refractivity contribution in [2.45, 2.75) is 40.2 Å². The predicted molar refractivity (Wildman–Crippen MR) is 75.3 cm³/mol. The van der Waals surface area contributed by atoms with Crippen molar-refractivity contribution in [3.8, 4) is 5.75 Å². The minimum absolute atomic E-state index is 0.0271. The normalized spacial score (nSPS) is 13.1. The minimum Gasteiger partial charge on any atom is -0.508 e. The number of aryl methyl sites for hydroxylation is 1. The standard InChI is InChI=1S/C15H23NO3/c1-10-7-11(5-6-13(10)18)14(19)16-9-12(17)8-15(2,3)4/h5-7,12,17-18H,8-9H2,1-4H3,(H,16,19). The van der Waals surface area contributed by atoms with Crippen LogP contribution in [0.4, 0.5) is 0 Å². The first-order valence-corrected chi connectivity index (χ1v) is 6.45. The zero-order valence-electron chi connectivity index (χ0n) is 12.0. The van der Waals surface area contributed by atoms with Crippen LogP contribution in [0.15, 0.2) is 18.2 Å². The Morgan fingerprint density at radius 2 is 2.00 bits per heavy atom. The van der Waals surface area contributed by atoms with Gasteiger partial charge in [0.05, 0.1) is 6.10 Å². The first-order valence-electron chi connectivity index (χ1n) is 6.45. The average molecular weight is 265 g/mol. The number of benzene rings is 1. The first-order chi connectivity index (χ1) is 8.69. The van der Waals surface area contributed by atoms with Gasteiger partial charge >= 0.3 is 0 Å². The fourth-order valence-electron chi connectivity index (χ4n) is 1.89. The molecule has 0 aliphatic carbocycles. The van der Waals surface area contributed by atoms with E-state index in [0.717, 1.165) is 0 Å². The van der Waals surface area contributed by atoms with E-state index >= 15 is 0 Å². The number of aromatic hydroxyl groups is 1. The third-order valence-electron chi connectivity index (χ3n) is 2.81. The lowest BCUT2D eigenvalue weighted by Crippen LogP contribution is -2.34. The van der Waals surface area contributed by atoms with Gasteiger partial charge in [-0.3, -0.25) is 4.79 Å². The van der Waals surface area contributed by atoms with Gasteiger partial charge in [0.15, 0.2) is 0 Å². The molecule has 0 saturated heterocycles. The second-order valence-electron chi connectivity index (χ2n) is 6.13. The number of hydrogen-bond donors (Lipinski definition) is 3. The SMILES string of the molecule is Cc1cc(C(=O)NCC(O)CC(C)(C)C)ccc1O. The molecule has 1 atom stereocenters. The third kappa shape index (κ3) is 5.30. The van der Waals surface area contributed by atoms with Gasteiger partial charge in [0.2, 0.25) is 0 Å². The fraction of sp³-hybridized carbons (Fsp3) is 0.533. The Kier molecular flexibility index (Phi) is 4.95. The van der Waals surface area contributed by atoms with Crippen molar-refractivity contribution in [2.24, 2.45) is 5.41 Å². The van der Waals surface area contributed by atoms with Crippen LogP contribution in [0.5, 0.6) is 5.75 Å². The molecular formula is C15H23NO3. The van der Waals surface area contributed by atoms with Crippen LogP contribution in [0.25, 0.3) is 0 Å². The number of nitrogens with one attached hydrogen (secondary N) is 1. The van der Waals surface area contributed by atoms with Crippen molar-refractivity contribution in [3.05, 3.63) is 29.3 Å². The van der Waals surface area contributed by atoms with Gasteiger partial charge in [0, 0.05) is 12.1 Å². The maximum atomic E-state index is 11.9. The van der Waals surface area contributed by atoms with Gasteiger partial charge < -0.3 is 15.5 Å². The van der Waals surface area contributed by atoms with Crippen molar-refractivity contribution in [1.82, 2.24) is 5.32 Å². The molecule has 0 aliphatic heterocycles. The Labute approximate surface area is 114 Å². The molecule has 1 amide bonds. The van der Waals surface area contributed by atoms with Crippen LogP contribution in [0.3, 0.4) is 0 Å². The first kappa shape index (κ1) is 15.5. The highest BCUT2D eigenvalue weighted by Gasteiger charge is 2.17. The van der Waals surface area contributed by atoms with E-state index in [0.29, 0.717) is 17.5 Å². The van der Waals surface area contributed by atoms with Gasteiger partial charge in [-0.25, -0.2) is 0 Å². The average Bonchev–Trinajstić information content (AvgIpc) is 2.27. The Bertz CT molecular complexity index is 449. The maximum Gasteiger partial charge on any atom is 0.251 e. The van der Waals surface area contributed by atoms with Crippen LogP contribution in [0, 0.1) is 12.3 Å². The van der Waals surface area contributed by atoms with E-state index in [-0.39, 0.29) is 23.6 Å². The lowest BCUT2D eigenvalue weighted by atomic mass is 9.89. The van der Waals surface area contributed by atoms with Gasteiger partial charge in [-0.1, -0.05) is 20.8 Å². The van der Waals surface area contributed by atoms with E-state index in [1.165, 1.54) is 6.07 Å². The molecule has 0 saturated carbocycles. The molecule has 0 radical (unpaired) electrons. The smallest absolute Gasteiger partial charge is 0.251 e. The number of aliphatic hydroxyl groups is 1. The monoisotopic (exact) mass is 265 g/mol. The van der Waals surface area contributed by atoms with Gasteiger partial charge in [0.1, 0.15) is 5.75 Å². The van der Waals surface area contributed by atoms with Gasteiger partial charge in [-0.2, -0.15) is 0 Å². The fourth-order valence-corrected chi connectivity index (χ4v) is 1.89. The van der Waals surface area contributed by atoms with Crippen molar-refractivity contribution < 1.29 is 15.0 Å². The summed E-state index contributed by atoms with van der Waals surface area (Å²) in [6.45, 7) is 8.10. The third-order valence-corrected chi connectivity index (χ3v) is 2.81. The summed E-state index contributed by atoms with van der Waals surface area (Å²) in [7, 11) is 0. The lowest BCUT2D eigenvalue weighted by Gasteiger charge is -2.22. The van der Waals surface area contributed by atoms with Crippen molar-refractivity contribution in [2.75, 3.05) is 6.54 Å². The molecule has 106 valence electrons. The van der Waals surface area contributed by atoms with E-state index in [9.17, 15) is 15.0 Å². The van der Waals surface area contributed by atoms with Crippen molar-refractivity contribution in [1.29, 1.82) is 0 Å². The lowest BCUT2D eigenvalue weighted by molar-refractivity contribution is 0.0868. The van der Waals surface area contributed by atoms with Gasteiger partial charge in [-0.15, -0.1) is 0 Å². The summed E-state index contributed by atoms with van der Waals surface area (Å²) in [6.07, 6.45) is 0.0733. The van der Waals surface area contributed by atoms with E-state index in [4.69, 9.17) is 0 Å². The maximum absolute atomic E-state index is 11.9. The number of phenolic OH excluding ortho intramolecular Hbond substituents is 1. The van der Waals surface area contributed by atoms with Crippen LogP contribution < -0.4 is 5.32 Å². The van der Waals surface area contributed by atoms with Gasteiger partial charge in [-0.05, 0) is 42.5 Å². The number of phenols is 1. The molecule has 0 heterocycles. The molecule has 3 N–H and O–H groups in total. The van der Waals surface area contributed by atoms with Crippen LogP contribution in [0.2, 0.25) is 0 Å². The predicted octanol–water partition coefficient (Wildman–Crippen LogP) is 2.23. The molecule has 0 fully saturated rings. The highest BCUT2D eigenvalue weighted by atomic mass is 16.3. The number of aliphatic hydroxyl groups excluding tert-OH is 1. The van der Waals surface area contributed by atoms with Crippen molar-refractivity contribution in [3.63, 3.8) is 0 Å². The summed E-state index contributed by atoms with van der Waals surface area (Å²) in [5.74, 6) is -0.0691. The number of amides is 1. The highest BCUT2D eigenvalue weighted by molar-refractivity contribution is 5.94. The Hall–Kier alpha value is -1.55. The molecule has 1 aromatic rings. The largest absolute Gasteiger partial charge is 0.508 e. The zero-order chi connectivity index (χ0) is 14.6. The van der Waals surface area contributed by atoms with Gasteiger partial charge in [0.25, 0.3) is 5.91 Å². The van der Waals surface area contributed by atoms with Crippen LogP contribution in [-0.4, -0.2) is 28.8 Å². The van der Waals surface area contributed by atoms with Crippen molar-refractivity contribution >= 4 is 5.91 Å². The molecule has 19 heavy (non-hydrogen) atoms. The number of carbonyl (C=O) groups is 1. The van der Waals surface area contributed by atoms with Crippen LogP contribution in [0.1, 0.15) is 43.1 Å². The summed E-state index contributed by atoms with van der Waals surface area (Å²) in [5, 5.41) is 21.9. The molecular weight excluding hydrogens is 242 g/mol. The van der Waals surface area contributed by atoms with E-state index in [1.54, 1.807) is 19.1 Å². The number of hydrogen-bond acceptors (Lipinski definition) is 3. The molecule has 0 bridgehead atoms. The summed E-state index contributed by atoms with van der Waals surface area (Å²) in [5.41, 5.74) is 1.17. The molecule has 4 heteroatoms. The molecule has 1 rings (SSSR count). The summed E-state index contributed by atoms with van der Waals surface area (Å²) in [4.78, 5) is 11.9. The summed E-state index contributed by atoms with van der Waals surface area (Å²) >= 11 is 0. The topological polar surface area (TPSA) is 69.6 Å². The summed E-state index contributed by atoms with van der Waals surface area (Å²) in [6, 6.07) is 4.68. The second kappa shape index (κ2) is 6.06. The van der Waals surface area contributed by atoms with E-state index < -0.39 is 6.10 Å². The highest BCUT2D eigenvalue weighted by Crippen LogP contribution is 2.20. The van der Waals surface area contributed by atoms with E-state index in [1.807, 2.05) is 20.8 Å². The van der Waals surface area contributed by atoms with Crippen LogP contribution >= 0.6 is 0 Å². The molecule has 0 spiro atoms. The Morgan fingerprint density at radius 1 is 1.37 bits per heavy atom. The number of carbonyl (C=O) groups excluding carboxylic acids is 1. The molecule has 1 aromatic carbocycles.